The second-order valence-corrected chi connectivity index (χ2v) is 5.05. The summed E-state index contributed by atoms with van der Waals surface area (Å²) in [4.78, 5) is 13.2. The molecule has 1 aromatic carbocycles. The van der Waals surface area contributed by atoms with E-state index in [9.17, 15) is 9.90 Å². The van der Waals surface area contributed by atoms with Crippen molar-refractivity contribution in [3.05, 3.63) is 29.8 Å². The zero-order valence-corrected chi connectivity index (χ0v) is 11.3. The Morgan fingerprint density at radius 3 is 2.79 bits per heavy atom. The Hall–Kier alpha value is -1.55. The molecule has 2 rings (SSSR count). The summed E-state index contributed by atoms with van der Waals surface area (Å²) < 4.78 is 5.66. The minimum absolute atomic E-state index is 0.338. The van der Waals surface area contributed by atoms with E-state index in [1.165, 1.54) is 5.56 Å². The Morgan fingerprint density at radius 2 is 2.11 bits per heavy atom. The molecule has 1 fully saturated rings. The van der Waals surface area contributed by atoms with E-state index in [1.807, 2.05) is 36.1 Å². The van der Waals surface area contributed by atoms with Crippen molar-refractivity contribution < 1.29 is 14.6 Å². The van der Waals surface area contributed by atoms with Crippen LogP contribution in [0.2, 0.25) is 0 Å². The average molecular weight is 263 g/mol. The van der Waals surface area contributed by atoms with Gasteiger partial charge in [0, 0.05) is 6.54 Å². The van der Waals surface area contributed by atoms with E-state index >= 15 is 0 Å². The van der Waals surface area contributed by atoms with Gasteiger partial charge in [-0.3, -0.25) is 9.69 Å². The minimum Gasteiger partial charge on any atom is -0.492 e. The number of hydrogen-bond donors (Lipinski definition) is 1. The van der Waals surface area contributed by atoms with Gasteiger partial charge in [-0.05, 0) is 38.4 Å². The molecule has 0 aromatic heterocycles. The van der Waals surface area contributed by atoms with Gasteiger partial charge in [0.25, 0.3) is 0 Å². The van der Waals surface area contributed by atoms with Gasteiger partial charge in [-0.25, -0.2) is 0 Å². The number of hydrogen-bond acceptors (Lipinski definition) is 3. The molecule has 1 N–H and O–H groups in total. The third-order valence-electron chi connectivity index (χ3n) is 3.57. The minimum atomic E-state index is -0.713. The summed E-state index contributed by atoms with van der Waals surface area (Å²) in [6, 6.07) is 7.57. The van der Waals surface area contributed by atoms with Gasteiger partial charge in [0.1, 0.15) is 18.4 Å². The van der Waals surface area contributed by atoms with E-state index in [2.05, 4.69) is 0 Å². The van der Waals surface area contributed by atoms with Crippen molar-refractivity contribution in [2.75, 3.05) is 19.7 Å². The van der Waals surface area contributed by atoms with Gasteiger partial charge < -0.3 is 9.84 Å². The molecule has 0 aliphatic carbocycles. The monoisotopic (exact) mass is 263 g/mol. The van der Waals surface area contributed by atoms with Crippen LogP contribution in [0.15, 0.2) is 24.3 Å². The lowest BCUT2D eigenvalue weighted by molar-refractivity contribution is -0.144. The first kappa shape index (κ1) is 13.9. The number of carbonyl (C=O) groups is 1. The Kier molecular flexibility index (Phi) is 4.80. The van der Waals surface area contributed by atoms with Crippen LogP contribution in [0, 0.1) is 6.92 Å². The Morgan fingerprint density at radius 1 is 1.37 bits per heavy atom. The number of likely N-dealkylation sites (tertiary alicyclic amines) is 1. The normalized spacial score (nSPS) is 20.2. The van der Waals surface area contributed by atoms with Crippen molar-refractivity contribution in [2.45, 2.75) is 32.2 Å². The average Bonchev–Trinajstić information content (AvgIpc) is 2.41. The maximum atomic E-state index is 11.2. The molecule has 19 heavy (non-hydrogen) atoms. The van der Waals surface area contributed by atoms with Gasteiger partial charge in [-0.2, -0.15) is 0 Å². The molecule has 1 aliphatic rings. The van der Waals surface area contributed by atoms with Gasteiger partial charge in [0.15, 0.2) is 0 Å². The maximum Gasteiger partial charge on any atom is 0.320 e. The molecule has 0 spiro atoms. The summed E-state index contributed by atoms with van der Waals surface area (Å²) in [5.74, 6) is 0.129. The standard InChI is InChI=1S/C15H21NO3/c1-12-5-7-13(8-6-12)19-11-10-16-9-3-2-4-14(16)15(17)18/h5-8,14H,2-4,9-11H2,1H3,(H,17,18). The first-order valence-electron chi connectivity index (χ1n) is 6.83. The Labute approximate surface area is 114 Å². The first-order chi connectivity index (χ1) is 9.16. The summed E-state index contributed by atoms with van der Waals surface area (Å²) in [5.41, 5.74) is 1.20. The van der Waals surface area contributed by atoms with Crippen LogP contribution < -0.4 is 4.74 Å². The number of rotatable bonds is 5. The Bertz CT molecular complexity index is 416. The first-order valence-corrected chi connectivity index (χ1v) is 6.83. The van der Waals surface area contributed by atoms with Crippen LogP contribution in [0.1, 0.15) is 24.8 Å². The lowest BCUT2D eigenvalue weighted by atomic mass is 10.0. The smallest absolute Gasteiger partial charge is 0.320 e. The van der Waals surface area contributed by atoms with E-state index in [4.69, 9.17) is 4.74 Å². The fourth-order valence-corrected chi connectivity index (χ4v) is 2.45. The van der Waals surface area contributed by atoms with Crippen molar-refractivity contribution in [1.29, 1.82) is 0 Å². The highest BCUT2D eigenvalue weighted by Gasteiger charge is 2.27. The number of piperidine rings is 1. The third-order valence-corrected chi connectivity index (χ3v) is 3.57. The summed E-state index contributed by atoms with van der Waals surface area (Å²) in [7, 11) is 0. The molecule has 0 saturated carbocycles. The number of aliphatic carboxylic acids is 1. The van der Waals surface area contributed by atoms with Crippen molar-refractivity contribution in [1.82, 2.24) is 4.90 Å². The lowest BCUT2D eigenvalue weighted by Crippen LogP contribution is -2.46. The molecule has 1 unspecified atom stereocenters. The zero-order valence-electron chi connectivity index (χ0n) is 11.3. The second kappa shape index (κ2) is 6.57. The van der Waals surface area contributed by atoms with Crippen LogP contribution in [-0.2, 0) is 4.79 Å². The molecule has 0 radical (unpaired) electrons. The number of benzene rings is 1. The quantitative estimate of drug-likeness (QED) is 0.885. The van der Waals surface area contributed by atoms with Gasteiger partial charge in [0.05, 0.1) is 0 Å². The topological polar surface area (TPSA) is 49.8 Å². The molecule has 0 bridgehead atoms. The molecule has 1 saturated heterocycles. The summed E-state index contributed by atoms with van der Waals surface area (Å²) in [6.45, 7) is 4.10. The molecular weight excluding hydrogens is 242 g/mol. The summed E-state index contributed by atoms with van der Waals surface area (Å²) >= 11 is 0. The second-order valence-electron chi connectivity index (χ2n) is 5.05. The fraction of sp³-hybridized carbons (Fsp3) is 0.533. The fourth-order valence-electron chi connectivity index (χ4n) is 2.45. The Balaban J connectivity index is 1.80. The molecule has 104 valence electrons. The highest BCUT2D eigenvalue weighted by molar-refractivity contribution is 5.73. The largest absolute Gasteiger partial charge is 0.492 e. The summed E-state index contributed by atoms with van der Waals surface area (Å²) in [6.07, 6.45) is 2.83. The molecule has 4 heteroatoms. The molecule has 1 atom stereocenters. The van der Waals surface area contributed by atoms with Crippen molar-refractivity contribution in [2.24, 2.45) is 0 Å². The van der Waals surface area contributed by atoms with Gasteiger partial charge >= 0.3 is 5.97 Å². The molecule has 1 aromatic rings. The highest BCUT2D eigenvalue weighted by Crippen LogP contribution is 2.17. The van der Waals surface area contributed by atoms with Crippen LogP contribution in [0.3, 0.4) is 0 Å². The van der Waals surface area contributed by atoms with Crippen molar-refractivity contribution in [3.8, 4) is 5.75 Å². The number of aryl methyl sites for hydroxylation is 1. The zero-order chi connectivity index (χ0) is 13.7. The third kappa shape index (κ3) is 3.96. The molecular formula is C15H21NO3. The SMILES string of the molecule is Cc1ccc(OCCN2CCCCC2C(=O)O)cc1. The van der Waals surface area contributed by atoms with E-state index in [0.29, 0.717) is 13.2 Å². The van der Waals surface area contributed by atoms with Crippen LogP contribution in [-0.4, -0.2) is 41.7 Å². The van der Waals surface area contributed by atoms with E-state index in [1.54, 1.807) is 0 Å². The molecule has 1 aliphatic heterocycles. The molecule has 4 nitrogen and oxygen atoms in total. The lowest BCUT2D eigenvalue weighted by Gasteiger charge is -2.32. The van der Waals surface area contributed by atoms with E-state index < -0.39 is 5.97 Å². The number of nitrogens with zero attached hydrogens (tertiary/aromatic N) is 1. The number of carboxylic acid groups (broad SMARTS) is 1. The van der Waals surface area contributed by atoms with Crippen LogP contribution >= 0.6 is 0 Å². The van der Waals surface area contributed by atoms with Gasteiger partial charge in [0.2, 0.25) is 0 Å². The van der Waals surface area contributed by atoms with Crippen molar-refractivity contribution in [3.63, 3.8) is 0 Å². The van der Waals surface area contributed by atoms with E-state index in [0.717, 1.165) is 31.6 Å². The summed E-state index contributed by atoms with van der Waals surface area (Å²) in [5, 5.41) is 9.17. The van der Waals surface area contributed by atoms with Crippen LogP contribution in [0.4, 0.5) is 0 Å². The predicted octanol–water partition coefficient (Wildman–Crippen LogP) is 2.31. The number of carboxylic acids is 1. The van der Waals surface area contributed by atoms with Crippen molar-refractivity contribution >= 4 is 5.97 Å². The van der Waals surface area contributed by atoms with Gasteiger partial charge in [-0.15, -0.1) is 0 Å². The van der Waals surface area contributed by atoms with E-state index in [-0.39, 0.29) is 6.04 Å². The number of ether oxygens (including phenoxy) is 1. The maximum absolute atomic E-state index is 11.2. The van der Waals surface area contributed by atoms with Crippen LogP contribution in [0.5, 0.6) is 5.75 Å². The van der Waals surface area contributed by atoms with Crippen LogP contribution in [0.25, 0.3) is 0 Å². The highest BCUT2D eigenvalue weighted by atomic mass is 16.5. The molecule has 0 amide bonds. The predicted molar refractivity (Wildman–Crippen MR) is 73.5 cm³/mol. The van der Waals surface area contributed by atoms with Gasteiger partial charge in [-0.1, -0.05) is 24.1 Å². The molecule has 1 heterocycles.